The van der Waals surface area contributed by atoms with Crippen LogP contribution in [0.2, 0.25) is 10.0 Å². The molecular weight excluding hydrogens is 321 g/mol. The van der Waals surface area contributed by atoms with Crippen molar-refractivity contribution in [3.63, 3.8) is 0 Å². The number of aryl methyl sites for hydroxylation is 1. The molecule has 0 saturated heterocycles. The third-order valence-corrected chi connectivity index (χ3v) is 3.76. The van der Waals surface area contributed by atoms with E-state index in [1.54, 1.807) is 24.3 Å². The van der Waals surface area contributed by atoms with Gasteiger partial charge in [0, 0.05) is 5.02 Å². The van der Waals surface area contributed by atoms with Gasteiger partial charge >= 0.3 is 0 Å². The second-order valence-corrected chi connectivity index (χ2v) is 5.91. The smallest absolute Gasteiger partial charge is 0.258 e. The van der Waals surface area contributed by atoms with Gasteiger partial charge in [-0.25, -0.2) is 0 Å². The monoisotopic (exact) mass is 337 g/mol. The van der Waals surface area contributed by atoms with E-state index in [1.165, 1.54) is 0 Å². The molecule has 5 heteroatoms. The van der Waals surface area contributed by atoms with Crippen LogP contribution in [0, 0.1) is 6.92 Å². The lowest BCUT2D eigenvalue weighted by atomic mass is 10.1. The first-order chi connectivity index (χ1) is 10.5. The molecule has 2 rings (SSSR count). The summed E-state index contributed by atoms with van der Waals surface area (Å²) in [6, 6.07) is 12.7. The lowest BCUT2D eigenvalue weighted by molar-refractivity contribution is -0.123. The molecule has 0 bridgehead atoms. The Morgan fingerprint density at radius 3 is 2.55 bits per heavy atom. The summed E-state index contributed by atoms with van der Waals surface area (Å²) in [5.41, 5.74) is 2.00. The lowest BCUT2D eigenvalue weighted by Gasteiger charge is -2.15. The Morgan fingerprint density at radius 1 is 1.18 bits per heavy atom. The van der Waals surface area contributed by atoms with Crippen molar-refractivity contribution in [2.45, 2.75) is 19.9 Å². The summed E-state index contributed by atoms with van der Waals surface area (Å²) in [6.07, 6.45) is 0. The number of halogens is 2. The number of benzene rings is 2. The van der Waals surface area contributed by atoms with Crippen molar-refractivity contribution in [3.8, 4) is 5.75 Å². The highest BCUT2D eigenvalue weighted by molar-refractivity contribution is 6.32. The molecule has 0 aromatic heterocycles. The summed E-state index contributed by atoms with van der Waals surface area (Å²) in [7, 11) is 0. The number of ether oxygens (including phenoxy) is 1. The zero-order chi connectivity index (χ0) is 16.1. The Bertz CT molecular complexity index is 656. The highest BCUT2D eigenvalue weighted by Gasteiger charge is 2.11. The number of amides is 1. The van der Waals surface area contributed by atoms with Gasteiger partial charge in [-0.05, 0) is 49.2 Å². The van der Waals surface area contributed by atoms with Gasteiger partial charge in [-0.2, -0.15) is 0 Å². The van der Waals surface area contributed by atoms with Gasteiger partial charge in [-0.15, -0.1) is 0 Å². The molecular formula is C17H17Cl2NO2. The lowest BCUT2D eigenvalue weighted by Crippen LogP contribution is -2.31. The fraction of sp³-hybridized carbons (Fsp3) is 0.235. The van der Waals surface area contributed by atoms with Gasteiger partial charge in [0.25, 0.3) is 5.91 Å². The van der Waals surface area contributed by atoms with E-state index in [1.807, 2.05) is 32.0 Å². The van der Waals surface area contributed by atoms with Crippen molar-refractivity contribution >= 4 is 29.1 Å². The second kappa shape index (κ2) is 7.52. The first-order valence-corrected chi connectivity index (χ1v) is 7.65. The van der Waals surface area contributed by atoms with Crippen LogP contribution in [0.25, 0.3) is 0 Å². The van der Waals surface area contributed by atoms with Crippen molar-refractivity contribution in [3.05, 3.63) is 63.6 Å². The minimum Gasteiger partial charge on any atom is -0.482 e. The molecule has 0 heterocycles. The Morgan fingerprint density at radius 2 is 1.86 bits per heavy atom. The molecule has 0 fully saturated rings. The SMILES string of the molecule is Cc1ccc(Cl)c(OCC(=O)N[C@H](C)c2ccc(Cl)cc2)c1. The van der Waals surface area contributed by atoms with Crippen LogP contribution >= 0.6 is 23.2 Å². The molecule has 0 unspecified atom stereocenters. The van der Waals surface area contributed by atoms with Crippen LogP contribution in [0.5, 0.6) is 5.75 Å². The predicted octanol–water partition coefficient (Wildman–Crippen LogP) is 4.56. The van der Waals surface area contributed by atoms with Crippen molar-refractivity contribution in [2.24, 2.45) is 0 Å². The fourth-order valence-electron chi connectivity index (χ4n) is 1.98. The maximum Gasteiger partial charge on any atom is 0.258 e. The fourth-order valence-corrected chi connectivity index (χ4v) is 2.28. The van der Waals surface area contributed by atoms with Crippen molar-refractivity contribution in [1.82, 2.24) is 5.32 Å². The number of carbonyl (C=O) groups excluding carboxylic acids is 1. The molecule has 2 aromatic carbocycles. The zero-order valence-corrected chi connectivity index (χ0v) is 13.9. The number of rotatable bonds is 5. The average Bonchev–Trinajstić information content (AvgIpc) is 2.49. The molecule has 0 saturated carbocycles. The molecule has 2 aromatic rings. The number of nitrogens with one attached hydrogen (secondary N) is 1. The first-order valence-electron chi connectivity index (χ1n) is 6.89. The molecule has 0 aliphatic rings. The number of carbonyl (C=O) groups is 1. The van der Waals surface area contributed by atoms with Gasteiger partial charge in [0.2, 0.25) is 0 Å². The van der Waals surface area contributed by atoms with Crippen LogP contribution in [0.3, 0.4) is 0 Å². The summed E-state index contributed by atoms with van der Waals surface area (Å²) >= 11 is 11.9. The standard InChI is InChI=1S/C17H17Cl2NO2/c1-11-3-8-15(19)16(9-11)22-10-17(21)20-12(2)13-4-6-14(18)7-5-13/h3-9,12H,10H2,1-2H3,(H,20,21)/t12-/m1/s1. The second-order valence-electron chi connectivity index (χ2n) is 5.06. The zero-order valence-electron chi connectivity index (χ0n) is 12.4. The Balaban J connectivity index is 1.90. The van der Waals surface area contributed by atoms with E-state index in [2.05, 4.69) is 5.32 Å². The van der Waals surface area contributed by atoms with Crippen LogP contribution in [0.1, 0.15) is 24.1 Å². The highest BCUT2D eigenvalue weighted by atomic mass is 35.5. The molecule has 3 nitrogen and oxygen atoms in total. The van der Waals surface area contributed by atoms with Crippen LogP contribution in [-0.4, -0.2) is 12.5 Å². The van der Waals surface area contributed by atoms with E-state index in [-0.39, 0.29) is 18.6 Å². The molecule has 0 aliphatic heterocycles. The van der Waals surface area contributed by atoms with Gasteiger partial charge in [-0.1, -0.05) is 41.4 Å². The normalized spacial score (nSPS) is 11.8. The summed E-state index contributed by atoms with van der Waals surface area (Å²) in [4.78, 5) is 12.0. The maximum absolute atomic E-state index is 12.0. The van der Waals surface area contributed by atoms with Gasteiger partial charge in [0.15, 0.2) is 6.61 Å². The summed E-state index contributed by atoms with van der Waals surface area (Å²) in [6.45, 7) is 3.76. The van der Waals surface area contributed by atoms with Crippen LogP contribution in [-0.2, 0) is 4.79 Å². The van der Waals surface area contributed by atoms with E-state index in [0.29, 0.717) is 15.8 Å². The Labute approximate surface area is 140 Å². The molecule has 0 radical (unpaired) electrons. The van der Waals surface area contributed by atoms with E-state index in [0.717, 1.165) is 11.1 Å². The maximum atomic E-state index is 12.0. The largest absolute Gasteiger partial charge is 0.482 e. The van der Waals surface area contributed by atoms with Crippen LogP contribution in [0.15, 0.2) is 42.5 Å². The van der Waals surface area contributed by atoms with E-state index >= 15 is 0 Å². The minimum atomic E-state index is -0.208. The molecule has 0 spiro atoms. The average molecular weight is 338 g/mol. The molecule has 0 aliphatic carbocycles. The van der Waals surface area contributed by atoms with Crippen LogP contribution < -0.4 is 10.1 Å². The molecule has 1 amide bonds. The predicted molar refractivity (Wildman–Crippen MR) is 89.7 cm³/mol. The summed E-state index contributed by atoms with van der Waals surface area (Å²) < 4.78 is 5.47. The highest BCUT2D eigenvalue weighted by Crippen LogP contribution is 2.25. The topological polar surface area (TPSA) is 38.3 Å². The molecule has 22 heavy (non-hydrogen) atoms. The third-order valence-electron chi connectivity index (χ3n) is 3.19. The van der Waals surface area contributed by atoms with Gasteiger partial charge in [-0.3, -0.25) is 4.79 Å². The molecule has 116 valence electrons. The molecule has 1 N–H and O–H groups in total. The number of hydrogen-bond acceptors (Lipinski definition) is 2. The van der Waals surface area contributed by atoms with E-state index in [9.17, 15) is 4.79 Å². The van der Waals surface area contributed by atoms with Crippen molar-refractivity contribution < 1.29 is 9.53 Å². The van der Waals surface area contributed by atoms with Gasteiger partial charge < -0.3 is 10.1 Å². The summed E-state index contributed by atoms with van der Waals surface area (Å²) in [5, 5.41) is 4.03. The van der Waals surface area contributed by atoms with Gasteiger partial charge in [0.1, 0.15) is 5.75 Å². The summed E-state index contributed by atoms with van der Waals surface area (Å²) in [5.74, 6) is 0.302. The Hall–Kier alpha value is -1.71. The minimum absolute atomic E-state index is 0.0822. The Kier molecular flexibility index (Phi) is 5.69. The van der Waals surface area contributed by atoms with Crippen molar-refractivity contribution in [1.29, 1.82) is 0 Å². The van der Waals surface area contributed by atoms with Gasteiger partial charge in [0.05, 0.1) is 11.1 Å². The van der Waals surface area contributed by atoms with E-state index in [4.69, 9.17) is 27.9 Å². The van der Waals surface area contributed by atoms with E-state index < -0.39 is 0 Å². The molecule has 1 atom stereocenters. The van der Waals surface area contributed by atoms with Crippen molar-refractivity contribution in [2.75, 3.05) is 6.61 Å². The quantitative estimate of drug-likeness (QED) is 0.868. The first kappa shape index (κ1) is 16.7. The van der Waals surface area contributed by atoms with Crippen LogP contribution in [0.4, 0.5) is 0 Å². The third kappa shape index (κ3) is 4.65. The number of hydrogen-bond donors (Lipinski definition) is 1.